The molecule has 0 radical (unpaired) electrons. The van der Waals surface area contributed by atoms with E-state index in [0.717, 1.165) is 28.8 Å². The molecule has 54 heavy (non-hydrogen) atoms. The molecule has 3 aliphatic heterocycles. The van der Waals surface area contributed by atoms with E-state index in [-0.39, 0.29) is 61.0 Å². The van der Waals surface area contributed by atoms with E-state index in [9.17, 15) is 14.4 Å². The Labute approximate surface area is 329 Å². The number of hydrogen-bond donors (Lipinski definition) is 0. The van der Waals surface area contributed by atoms with Gasteiger partial charge in [-0.05, 0) is 40.2 Å². The molecule has 1 amide bonds. The summed E-state index contributed by atoms with van der Waals surface area (Å²) in [5.74, 6) is 1.74. The van der Waals surface area contributed by atoms with E-state index in [1.807, 2.05) is 29.2 Å². The smallest absolute Gasteiger partial charge is 0.198 e. The van der Waals surface area contributed by atoms with Crippen molar-refractivity contribution < 1.29 is 27.4 Å². The van der Waals surface area contributed by atoms with Crippen LogP contribution in [0.2, 0.25) is 0 Å². The number of fused-ring (bicyclic) bond motifs is 3. The van der Waals surface area contributed by atoms with E-state index >= 15 is 8.78 Å². The molecule has 3 saturated heterocycles. The third kappa shape index (κ3) is 7.79. The number of ether oxygens (including phenoxy) is 2. The minimum absolute atomic E-state index is 0.000214. The van der Waals surface area contributed by atoms with E-state index in [4.69, 9.17) is 26.3 Å². The van der Waals surface area contributed by atoms with Crippen molar-refractivity contribution in [1.82, 2.24) is 19.8 Å². The zero-order chi connectivity index (χ0) is 38.2. The van der Waals surface area contributed by atoms with Crippen LogP contribution in [-0.4, -0.2) is 112 Å². The number of nitrogens with zero attached hydrogens (tertiary/aromatic N) is 6. The van der Waals surface area contributed by atoms with Crippen LogP contribution in [0.4, 0.5) is 23.8 Å². The Hall–Kier alpha value is -3.50. The van der Waals surface area contributed by atoms with Crippen molar-refractivity contribution in [2.24, 2.45) is 0 Å². The standard InChI is InChI=1S/C39H38F3N6O3.PS.Tl/c1-5-24-9-6-10-25-11-7-12-28(31(24)25)32-30(41)19-29-34(33(32)42)44-36(50-23-39-14-8-16-47(39)21-26(40)20-39)45-35(29)46-17-18-48(27(22-46)13-15-43)37(49)51-38(2,3)4;1-2;/h6-7,9-12,19,26-27H,8,13-14,16-18,20-23H2,2-4H3;;/q;-1;+2/t26-,27+,39+;;/m1../s1. The second-order valence-corrected chi connectivity index (χ2v) is 27.6. The normalized spacial score (nSPS) is 21.3. The average molecular weight is 963 g/mol. The van der Waals surface area contributed by atoms with Gasteiger partial charge in [-0.25, -0.2) is 9.18 Å². The second kappa shape index (κ2) is 15.9. The van der Waals surface area contributed by atoms with Crippen molar-refractivity contribution in [2.45, 2.75) is 69.8 Å². The molecule has 0 unspecified atom stereocenters. The molecule has 4 aromatic rings. The Morgan fingerprint density at radius 3 is 2.70 bits per heavy atom. The van der Waals surface area contributed by atoms with Crippen LogP contribution >= 0.6 is 4.00 Å². The summed E-state index contributed by atoms with van der Waals surface area (Å²) in [6, 6.07) is 13.6. The van der Waals surface area contributed by atoms with Crippen molar-refractivity contribution in [3.8, 4) is 32.6 Å². The topological polar surface area (TPSA) is 94.8 Å². The first-order valence-electron chi connectivity index (χ1n) is 17.9. The van der Waals surface area contributed by atoms with Gasteiger partial charge in [-0.2, -0.15) is 5.26 Å². The monoisotopic (exact) mass is 963 g/mol. The molecule has 3 atom stereocenters. The van der Waals surface area contributed by atoms with Crippen LogP contribution in [0.3, 0.4) is 0 Å². The number of aromatic nitrogens is 2. The first-order valence-corrected chi connectivity index (χ1v) is 28.2. The molecule has 276 valence electrons. The minimum atomic E-state index is -1.43. The molecule has 0 aliphatic carbocycles. The average Bonchev–Trinajstić information content (AvgIpc) is 3.66. The Kier molecular flexibility index (Phi) is 11.4. The fourth-order valence-corrected chi connectivity index (χ4v) is 11.5. The third-order valence-electron chi connectivity index (χ3n) is 10.3. The molecule has 4 heterocycles. The molecule has 0 spiro atoms. The van der Waals surface area contributed by atoms with Gasteiger partial charge in [0, 0.05) is 19.5 Å². The van der Waals surface area contributed by atoms with Gasteiger partial charge in [0.05, 0.1) is 24.1 Å². The van der Waals surface area contributed by atoms with Crippen LogP contribution < -0.4 is 9.64 Å². The van der Waals surface area contributed by atoms with Crippen LogP contribution in [0.1, 0.15) is 52.0 Å². The number of carbonyl (C=O) groups is 1. The molecule has 3 aromatic carbocycles. The molecule has 7 rings (SSSR count). The predicted molar refractivity (Wildman–Crippen MR) is 207 cm³/mol. The first kappa shape index (κ1) is 38.8. The van der Waals surface area contributed by atoms with Crippen LogP contribution in [0.25, 0.3) is 32.8 Å². The number of benzene rings is 3. The Morgan fingerprint density at radius 1 is 1.15 bits per heavy atom. The van der Waals surface area contributed by atoms with Gasteiger partial charge in [0.15, 0.2) is 0 Å². The number of nitriles is 1. The summed E-state index contributed by atoms with van der Waals surface area (Å²) in [5, 5.41) is 11.3. The molecular weight excluding hydrogens is 925 g/mol. The van der Waals surface area contributed by atoms with E-state index in [1.54, 1.807) is 32.9 Å². The van der Waals surface area contributed by atoms with Gasteiger partial charge in [0.25, 0.3) is 0 Å². The summed E-state index contributed by atoms with van der Waals surface area (Å²) >= 11 is 3.69. The minimum Gasteiger partial charge on any atom is -0.198 e. The quantitative estimate of drug-likeness (QED) is 0.112. The van der Waals surface area contributed by atoms with Gasteiger partial charge < -0.3 is 9.64 Å². The molecule has 15 heteroatoms. The fourth-order valence-electron chi connectivity index (χ4n) is 8.04. The van der Waals surface area contributed by atoms with Crippen molar-refractivity contribution in [3.05, 3.63) is 59.7 Å². The molecule has 0 N–H and O–H groups in total. The van der Waals surface area contributed by atoms with Gasteiger partial charge in [0.2, 0.25) is 0 Å². The molecule has 0 bridgehead atoms. The van der Waals surface area contributed by atoms with E-state index in [2.05, 4.69) is 25.4 Å². The summed E-state index contributed by atoms with van der Waals surface area (Å²) in [6.45, 7) is 7.08. The maximum atomic E-state index is 17.2. The van der Waals surface area contributed by atoms with Crippen LogP contribution in [0.15, 0.2) is 42.5 Å². The summed E-state index contributed by atoms with van der Waals surface area (Å²) in [5.41, 5.74) is -0.654. The number of piperazine rings is 1. The molecule has 0 saturated carbocycles. The Balaban J connectivity index is 1.35. The molecular formula is C39H38F3N6O3PSTl+. The van der Waals surface area contributed by atoms with Gasteiger partial charge in [0.1, 0.15) is 11.8 Å². The Bertz CT molecular complexity index is 2300. The predicted octanol–water partition coefficient (Wildman–Crippen LogP) is 7.36. The van der Waals surface area contributed by atoms with Crippen molar-refractivity contribution in [2.75, 3.05) is 44.2 Å². The maximum absolute atomic E-state index is 17.2. The fraction of sp³-hybridized carbons (Fsp3) is 0.436. The number of alkyl halides is 1. The van der Waals surface area contributed by atoms with E-state index in [1.165, 1.54) is 11.0 Å². The first-order chi connectivity index (χ1) is 25.9. The summed E-state index contributed by atoms with van der Waals surface area (Å²) in [6.07, 6.45) is 0.463. The summed E-state index contributed by atoms with van der Waals surface area (Å²) in [4.78, 5) is 27.9. The van der Waals surface area contributed by atoms with Gasteiger partial charge in [-0.15, -0.1) is 0 Å². The van der Waals surface area contributed by atoms with E-state index in [0.29, 0.717) is 29.5 Å². The number of anilines is 1. The van der Waals surface area contributed by atoms with Crippen LogP contribution in [0, 0.1) is 32.4 Å². The number of amides is 1. The van der Waals surface area contributed by atoms with Crippen LogP contribution in [0.5, 0.6) is 6.01 Å². The van der Waals surface area contributed by atoms with Crippen molar-refractivity contribution >= 4 is 72.5 Å². The summed E-state index contributed by atoms with van der Waals surface area (Å²) < 4.78 is 64.5. The van der Waals surface area contributed by atoms with Gasteiger partial charge >= 0.3 is 207 Å². The van der Waals surface area contributed by atoms with Crippen LogP contribution in [-0.2, 0) is 16.5 Å². The SMILES string of the molecule is CC(C)(C)OC(=O)N1CCN(c2nc(OC[C@@]34CCCN3C[C@H](F)C4)nc3c(F)c(-c4cccc5cccc(C#[C][Tl]=[P+]=S)c45)c(F)cc23)C[C@@H]1CC#N. The second-order valence-electron chi connectivity index (χ2n) is 15.0. The zero-order valence-corrected chi connectivity index (χ0v) is 36.4. The number of hydrogen-bond acceptors (Lipinski definition) is 9. The van der Waals surface area contributed by atoms with Gasteiger partial charge in [-0.1, -0.05) is 0 Å². The molecule has 3 aliphatic rings. The Morgan fingerprint density at radius 2 is 1.94 bits per heavy atom. The number of rotatable bonds is 6. The van der Waals surface area contributed by atoms with Gasteiger partial charge in [-0.3, -0.25) is 4.90 Å². The molecule has 3 fully saturated rings. The van der Waals surface area contributed by atoms with Crippen molar-refractivity contribution in [3.63, 3.8) is 0 Å². The molecule has 1 aromatic heterocycles. The third-order valence-corrected chi connectivity index (χ3v) is 16.6. The van der Waals surface area contributed by atoms with E-state index < -0.39 is 64.2 Å². The number of carbonyl (C=O) groups excluding carboxylic acids is 1. The molecule has 9 nitrogen and oxygen atoms in total. The number of halogens is 3. The van der Waals surface area contributed by atoms with Crippen molar-refractivity contribution in [1.29, 1.82) is 5.26 Å². The zero-order valence-electron chi connectivity index (χ0n) is 30.2. The summed E-state index contributed by atoms with van der Waals surface area (Å²) in [7, 11) is 0.